The molecule has 0 radical (unpaired) electrons. The zero-order valence-corrected chi connectivity index (χ0v) is 11.8. The third-order valence-corrected chi connectivity index (χ3v) is 4.30. The summed E-state index contributed by atoms with van der Waals surface area (Å²) in [7, 11) is -3.67. The minimum atomic E-state index is -3.67. The van der Waals surface area contributed by atoms with Crippen LogP contribution in [0.4, 0.5) is 5.95 Å². The monoisotopic (exact) mass is 277 g/mol. The third-order valence-electron chi connectivity index (χ3n) is 2.66. The molecule has 100 valence electrons. The van der Waals surface area contributed by atoms with Gasteiger partial charge in [-0.25, -0.2) is 23.1 Å². The molecule has 0 atom stereocenters. The van der Waals surface area contributed by atoms with Crippen LogP contribution in [-0.4, -0.2) is 18.4 Å². The molecule has 2 rings (SSSR count). The highest BCUT2D eigenvalue weighted by Crippen LogP contribution is 2.23. The van der Waals surface area contributed by atoms with Crippen LogP contribution in [0.2, 0.25) is 0 Å². The van der Waals surface area contributed by atoms with E-state index in [1.807, 2.05) is 19.1 Å². The second kappa shape index (κ2) is 4.97. The van der Waals surface area contributed by atoms with Gasteiger partial charge in [-0.2, -0.15) is 0 Å². The Labute approximate surface area is 112 Å². The number of sulfonamides is 1. The maximum atomic E-state index is 12.4. The van der Waals surface area contributed by atoms with Crippen LogP contribution in [0.3, 0.4) is 0 Å². The van der Waals surface area contributed by atoms with Gasteiger partial charge in [-0.1, -0.05) is 17.7 Å². The van der Waals surface area contributed by atoms with Crippen molar-refractivity contribution in [2.75, 3.05) is 4.72 Å². The number of hydrogen-bond acceptors (Lipinski definition) is 4. The van der Waals surface area contributed by atoms with Crippen LogP contribution < -0.4 is 4.72 Å². The van der Waals surface area contributed by atoms with Crippen molar-refractivity contribution in [3.05, 3.63) is 47.3 Å². The summed E-state index contributed by atoms with van der Waals surface area (Å²) in [5.74, 6) is 0.0712. The fraction of sp³-hybridized carbons (Fsp3) is 0.231. The maximum absolute atomic E-state index is 12.4. The molecular formula is C13H15N3O2S. The predicted molar refractivity (Wildman–Crippen MR) is 73.5 cm³/mol. The second-order valence-electron chi connectivity index (χ2n) is 4.41. The van der Waals surface area contributed by atoms with E-state index in [9.17, 15) is 8.42 Å². The van der Waals surface area contributed by atoms with E-state index >= 15 is 0 Å². The number of anilines is 1. The van der Waals surface area contributed by atoms with Gasteiger partial charge < -0.3 is 0 Å². The lowest BCUT2D eigenvalue weighted by Gasteiger charge is -2.12. The van der Waals surface area contributed by atoms with E-state index < -0.39 is 10.0 Å². The SMILES string of the molecule is Cc1cc(C)c(S(=O)(=O)Nc2ncccn2)c(C)c1. The van der Waals surface area contributed by atoms with Gasteiger partial charge in [-0.15, -0.1) is 0 Å². The van der Waals surface area contributed by atoms with Gasteiger partial charge in [-0.3, -0.25) is 0 Å². The van der Waals surface area contributed by atoms with Gasteiger partial charge in [0.1, 0.15) is 0 Å². The van der Waals surface area contributed by atoms with Crippen LogP contribution in [-0.2, 0) is 10.0 Å². The Morgan fingerprint density at radius 3 is 2.05 bits per heavy atom. The topological polar surface area (TPSA) is 72.0 Å². The fourth-order valence-corrected chi connectivity index (χ4v) is 3.53. The van der Waals surface area contributed by atoms with Crippen LogP contribution in [0, 0.1) is 20.8 Å². The van der Waals surface area contributed by atoms with Gasteiger partial charge in [0.25, 0.3) is 10.0 Å². The molecule has 0 saturated carbocycles. The zero-order chi connectivity index (χ0) is 14.0. The maximum Gasteiger partial charge on any atom is 0.264 e. The predicted octanol–water partition coefficient (Wildman–Crippen LogP) is 2.20. The Bertz CT molecular complexity index is 674. The first-order chi connectivity index (χ1) is 8.90. The first kappa shape index (κ1) is 13.5. The van der Waals surface area contributed by atoms with Crippen molar-refractivity contribution in [3.8, 4) is 0 Å². The van der Waals surface area contributed by atoms with E-state index in [0.29, 0.717) is 11.1 Å². The molecule has 0 bridgehead atoms. The molecule has 19 heavy (non-hydrogen) atoms. The molecule has 6 heteroatoms. The largest absolute Gasteiger partial charge is 0.264 e. The molecular weight excluding hydrogens is 262 g/mol. The summed E-state index contributed by atoms with van der Waals surface area (Å²) in [5.41, 5.74) is 2.45. The van der Waals surface area contributed by atoms with Crippen LogP contribution >= 0.6 is 0 Å². The lowest BCUT2D eigenvalue weighted by atomic mass is 10.1. The third kappa shape index (κ3) is 2.90. The smallest absolute Gasteiger partial charge is 0.247 e. The van der Waals surface area contributed by atoms with Gasteiger partial charge in [-0.05, 0) is 38.0 Å². The summed E-state index contributed by atoms with van der Waals surface area (Å²) in [6.07, 6.45) is 2.97. The van der Waals surface area contributed by atoms with E-state index in [4.69, 9.17) is 0 Å². The van der Waals surface area contributed by atoms with Gasteiger partial charge in [0.2, 0.25) is 5.95 Å². The fourth-order valence-electron chi connectivity index (χ4n) is 2.11. The second-order valence-corrected chi connectivity index (χ2v) is 6.02. The number of rotatable bonds is 3. The van der Waals surface area contributed by atoms with Crippen molar-refractivity contribution in [3.63, 3.8) is 0 Å². The Morgan fingerprint density at radius 1 is 1.00 bits per heavy atom. The van der Waals surface area contributed by atoms with E-state index in [-0.39, 0.29) is 10.8 Å². The normalized spacial score (nSPS) is 11.3. The Morgan fingerprint density at radius 2 is 1.53 bits per heavy atom. The zero-order valence-electron chi connectivity index (χ0n) is 11.0. The van der Waals surface area contributed by atoms with E-state index in [1.165, 1.54) is 12.4 Å². The molecule has 0 unspecified atom stereocenters. The van der Waals surface area contributed by atoms with Gasteiger partial charge >= 0.3 is 0 Å². The van der Waals surface area contributed by atoms with Crippen molar-refractivity contribution >= 4 is 16.0 Å². The Kier molecular flexibility index (Phi) is 3.53. The standard InChI is InChI=1S/C13H15N3O2S/c1-9-7-10(2)12(11(3)8-9)19(17,18)16-13-14-5-4-6-15-13/h4-8H,1-3H3,(H,14,15,16). The molecule has 0 aliphatic carbocycles. The molecule has 1 heterocycles. The van der Waals surface area contributed by atoms with Crippen LogP contribution in [0.25, 0.3) is 0 Å². The highest BCUT2D eigenvalue weighted by Gasteiger charge is 2.20. The molecule has 0 aliphatic rings. The van der Waals surface area contributed by atoms with Crippen LogP contribution in [0.5, 0.6) is 0 Å². The van der Waals surface area contributed by atoms with Crippen LogP contribution in [0.1, 0.15) is 16.7 Å². The van der Waals surface area contributed by atoms with Crippen molar-refractivity contribution in [2.45, 2.75) is 25.7 Å². The lowest BCUT2D eigenvalue weighted by molar-refractivity contribution is 0.599. The number of benzene rings is 1. The minimum absolute atomic E-state index is 0.0712. The van der Waals surface area contributed by atoms with E-state index in [0.717, 1.165) is 5.56 Å². The number of nitrogens with one attached hydrogen (secondary N) is 1. The molecule has 2 aromatic rings. The van der Waals surface area contributed by atoms with Crippen molar-refractivity contribution in [1.29, 1.82) is 0 Å². The summed E-state index contributed by atoms with van der Waals surface area (Å²) < 4.78 is 27.1. The summed E-state index contributed by atoms with van der Waals surface area (Å²) in [6, 6.07) is 5.31. The molecule has 0 spiro atoms. The Balaban J connectivity index is 2.46. The van der Waals surface area contributed by atoms with Gasteiger partial charge in [0.15, 0.2) is 0 Å². The molecule has 1 N–H and O–H groups in total. The number of hydrogen-bond donors (Lipinski definition) is 1. The summed E-state index contributed by atoms with van der Waals surface area (Å²) in [5, 5.41) is 0. The number of nitrogens with zero attached hydrogens (tertiary/aromatic N) is 2. The van der Waals surface area contributed by atoms with Crippen molar-refractivity contribution in [1.82, 2.24) is 9.97 Å². The number of aryl methyl sites for hydroxylation is 3. The lowest BCUT2D eigenvalue weighted by Crippen LogP contribution is -2.17. The highest BCUT2D eigenvalue weighted by atomic mass is 32.2. The molecule has 0 fully saturated rings. The molecule has 1 aromatic carbocycles. The van der Waals surface area contributed by atoms with E-state index in [1.54, 1.807) is 19.9 Å². The van der Waals surface area contributed by atoms with Gasteiger partial charge in [0, 0.05) is 12.4 Å². The Hall–Kier alpha value is -1.95. The quantitative estimate of drug-likeness (QED) is 0.933. The minimum Gasteiger partial charge on any atom is -0.247 e. The molecule has 1 aromatic heterocycles. The van der Waals surface area contributed by atoms with Gasteiger partial charge in [0.05, 0.1) is 4.90 Å². The van der Waals surface area contributed by atoms with Crippen molar-refractivity contribution < 1.29 is 8.42 Å². The number of aromatic nitrogens is 2. The average molecular weight is 277 g/mol. The first-order valence-corrected chi connectivity index (χ1v) is 7.26. The summed E-state index contributed by atoms with van der Waals surface area (Å²) in [6.45, 7) is 5.49. The van der Waals surface area contributed by atoms with Crippen molar-refractivity contribution in [2.24, 2.45) is 0 Å². The molecule has 0 saturated heterocycles. The summed E-state index contributed by atoms with van der Waals surface area (Å²) in [4.78, 5) is 8.01. The molecule has 0 aliphatic heterocycles. The molecule has 0 amide bonds. The highest BCUT2D eigenvalue weighted by molar-refractivity contribution is 7.92. The summed E-state index contributed by atoms with van der Waals surface area (Å²) >= 11 is 0. The molecule has 5 nitrogen and oxygen atoms in total. The average Bonchev–Trinajstić information content (AvgIpc) is 2.27. The van der Waals surface area contributed by atoms with E-state index in [2.05, 4.69) is 14.7 Å². The van der Waals surface area contributed by atoms with Crippen LogP contribution in [0.15, 0.2) is 35.5 Å². The first-order valence-electron chi connectivity index (χ1n) is 5.78.